The van der Waals surface area contributed by atoms with Crippen LogP contribution in [-0.4, -0.2) is 31.4 Å². The van der Waals surface area contributed by atoms with Gasteiger partial charge in [-0.3, -0.25) is 0 Å². The van der Waals surface area contributed by atoms with E-state index in [0.717, 1.165) is 37.4 Å². The molecule has 0 radical (unpaired) electrons. The molecule has 2 aromatic rings. The van der Waals surface area contributed by atoms with Gasteiger partial charge in [-0.25, -0.2) is 0 Å². The van der Waals surface area contributed by atoms with Crippen LogP contribution in [-0.2, 0) is 4.74 Å². The summed E-state index contributed by atoms with van der Waals surface area (Å²) >= 11 is 0. The fourth-order valence-corrected chi connectivity index (χ4v) is 2.52. The number of aliphatic hydroxyl groups is 1. The van der Waals surface area contributed by atoms with Crippen LogP contribution >= 0.6 is 0 Å². The van der Waals surface area contributed by atoms with Gasteiger partial charge in [-0.2, -0.15) is 0 Å². The number of ether oxygens (including phenoxy) is 1. The number of benzene rings is 2. The van der Waals surface area contributed by atoms with Crippen molar-refractivity contribution in [3.63, 3.8) is 0 Å². The van der Waals surface area contributed by atoms with Gasteiger partial charge in [-0.05, 0) is 23.3 Å². The molecular weight excluding hydrogens is 250 g/mol. The molecule has 0 saturated carbocycles. The monoisotopic (exact) mass is 269 g/mol. The van der Waals surface area contributed by atoms with Crippen molar-refractivity contribution in [2.75, 3.05) is 31.2 Å². The highest BCUT2D eigenvalue weighted by atomic mass is 16.5. The average molecular weight is 269 g/mol. The Hall–Kier alpha value is -1.84. The van der Waals surface area contributed by atoms with Crippen LogP contribution in [0.4, 0.5) is 5.69 Å². The third-order valence-electron chi connectivity index (χ3n) is 3.70. The van der Waals surface area contributed by atoms with Crippen LogP contribution in [0, 0.1) is 0 Å². The first-order chi connectivity index (χ1) is 9.84. The number of aliphatic hydroxyl groups excluding tert-OH is 1. The topological polar surface area (TPSA) is 32.7 Å². The second kappa shape index (κ2) is 6.07. The number of nitrogens with zero attached hydrogens (tertiary/aromatic N) is 1. The fourth-order valence-electron chi connectivity index (χ4n) is 2.52. The molecule has 3 heteroatoms. The minimum atomic E-state index is -0.560. The SMILES string of the molecule is OC(c1ccccc1)c1ccc(N2CCOCC2)cc1. The molecule has 3 nitrogen and oxygen atoms in total. The number of hydrogen-bond acceptors (Lipinski definition) is 3. The summed E-state index contributed by atoms with van der Waals surface area (Å²) in [4.78, 5) is 2.31. The van der Waals surface area contributed by atoms with E-state index in [1.54, 1.807) is 0 Å². The standard InChI is InChI=1S/C17H19NO2/c19-17(14-4-2-1-3-5-14)15-6-8-16(9-7-15)18-10-12-20-13-11-18/h1-9,17,19H,10-13H2. The molecule has 0 aromatic heterocycles. The Morgan fingerprint density at radius 3 is 2.10 bits per heavy atom. The Morgan fingerprint density at radius 2 is 1.45 bits per heavy atom. The molecule has 20 heavy (non-hydrogen) atoms. The summed E-state index contributed by atoms with van der Waals surface area (Å²) in [5.41, 5.74) is 3.04. The Labute approximate surface area is 119 Å². The van der Waals surface area contributed by atoms with Gasteiger partial charge < -0.3 is 14.7 Å². The van der Waals surface area contributed by atoms with E-state index in [9.17, 15) is 5.11 Å². The molecule has 1 unspecified atom stereocenters. The quantitative estimate of drug-likeness (QED) is 0.929. The smallest absolute Gasteiger partial charge is 0.104 e. The van der Waals surface area contributed by atoms with E-state index >= 15 is 0 Å². The number of hydrogen-bond donors (Lipinski definition) is 1. The average Bonchev–Trinajstić information content (AvgIpc) is 2.56. The Balaban J connectivity index is 1.75. The number of morpholine rings is 1. The van der Waals surface area contributed by atoms with Crippen LogP contribution in [0.5, 0.6) is 0 Å². The lowest BCUT2D eigenvalue weighted by molar-refractivity contribution is 0.122. The van der Waals surface area contributed by atoms with Gasteiger partial charge in [0.25, 0.3) is 0 Å². The maximum atomic E-state index is 10.4. The first-order valence-electron chi connectivity index (χ1n) is 7.00. The first kappa shape index (κ1) is 13.2. The van der Waals surface area contributed by atoms with Crippen molar-refractivity contribution in [2.45, 2.75) is 6.10 Å². The molecule has 1 atom stereocenters. The molecule has 3 rings (SSSR count). The second-order valence-corrected chi connectivity index (χ2v) is 5.00. The van der Waals surface area contributed by atoms with Gasteiger partial charge in [-0.15, -0.1) is 0 Å². The van der Waals surface area contributed by atoms with Crippen LogP contribution in [0.2, 0.25) is 0 Å². The third kappa shape index (κ3) is 2.84. The zero-order valence-electron chi connectivity index (χ0n) is 11.4. The summed E-state index contributed by atoms with van der Waals surface area (Å²) in [7, 11) is 0. The summed E-state index contributed by atoms with van der Waals surface area (Å²) in [5.74, 6) is 0. The van der Waals surface area contributed by atoms with Crippen molar-refractivity contribution in [1.82, 2.24) is 0 Å². The third-order valence-corrected chi connectivity index (χ3v) is 3.70. The lowest BCUT2D eigenvalue weighted by Gasteiger charge is -2.29. The Morgan fingerprint density at radius 1 is 0.850 bits per heavy atom. The van der Waals surface area contributed by atoms with Gasteiger partial charge in [0.2, 0.25) is 0 Å². The summed E-state index contributed by atoms with van der Waals surface area (Å²) in [6.07, 6.45) is -0.560. The van der Waals surface area contributed by atoms with Crippen LogP contribution in [0.1, 0.15) is 17.2 Å². The summed E-state index contributed by atoms with van der Waals surface area (Å²) in [5, 5.41) is 10.4. The molecule has 2 aromatic carbocycles. The predicted octanol–water partition coefficient (Wildman–Crippen LogP) is 2.60. The fraction of sp³-hybridized carbons (Fsp3) is 0.294. The van der Waals surface area contributed by atoms with E-state index in [0.29, 0.717) is 0 Å². The molecule has 1 aliphatic heterocycles. The van der Waals surface area contributed by atoms with Crippen molar-refractivity contribution in [3.05, 3.63) is 65.7 Å². The molecular formula is C17H19NO2. The highest BCUT2D eigenvalue weighted by molar-refractivity contribution is 5.49. The molecule has 1 aliphatic rings. The second-order valence-electron chi connectivity index (χ2n) is 5.00. The van der Waals surface area contributed by atoms with Crippen molar-refractivity contribution in [3.8, 4) is 0 Å². The molecule has 0 bridgehead atoms. The Kier molecular flexibility index (Phi) is 4.00. The van der Waals surface area contributed by atoms with Crippen molar-refractivity contribution in [2.24, 2.45) is 0 Å². The zero-order valence-corrected chi connectivity index (χ0v) is 11.4. The van der Waals surface area contributed by atoms with Crippen LogP contribution in [0.15, 0.2) is 54.6 Å². The molecule has 0 spiro atoms. The van der Waals surface area contributed by atoms with Gasteiger partial charge in [0, 0.05) is 18.8 Å². The number of anilines is 1. The van der Waals surface area contributed by atoms with Gasteiger partial charge in [0.05, 0.1) is 13.2 Å². The molecule has 1 heterocycles. The highest BCUT2D eigenvalue weighted by Crippen LogP contribution is 2.24. The van der Waals surface area contributed by atoms with E-state index in [4.69, 9.17) is 4.74 Å². The van der Waals surface area contributed by atoms with E-state index in [2.05, 4.69) is 17.0 Å². The van der Waals surface area contributed by atoms with E-state index < -0.39 is 6.10 Å². The van der Waals surface area contributed by atoms with E-state index in [1.807, 2.05) is 42.5 Å². The van der Waals surface area contributed by atoms with Crippen LogP contribution in [0.25, 0.3) is 0 Å². The summed E-state index contributed by atoms with van der Waals surface area (Å²) in [6, 6.07) is 17.9. The van der Waals surface area contributed by atoms with Gasteiger partial charge >= 0.3 is 0 Å². The highest BCUT2D eigenvalue weighted by Gasteiger charge is 2.13. The lowest BCUT2D eigenvalue weighted by atomic mass is 10.0. The molecule has 1 saturated heterocycles. The molecule has 104 valence electrons. The van der Waals surface area contributed by atoms with Gasteiger partial charge in [0.15, 0.2) is 0 Å². The predicted molar refractivity (Wildman–Crippen MR) is 80.0 cm³/mol. The van der Waals surface area contributed by atoms with Crippen molar-refractivity contribution >= 4 is 5.69 Å². The van der Waals surface area contributed by atoms with E-state index in [1.165, 1.54) is 5.69 Å². The van der Waals surface area contributed by atoms with E-state index in [-0.39, 0.29) is 0 Å². The lowest BCUT2D eigenvalue weighted by Crippen LogP contribution is -2.36. The molecule has 0 aliphatic carbocycles. The minimum absolute atomic E-state index is 0.560. The molecule has 0 amide bonds. The number of rotatable bonds is 3. The van der Waals surface area contributed by atoms with Crippen LogP contribution < -0.4 is 4.90 Å². The van der Waals surface area contributed by atoms with Crippen molar-refractivity contribution < 1.29 is 9.84 Å². The molecule has 1 N–H and O–H groups in total. The summed E-state index contributed by atoms with van der Waals surface area (Å²) < 4.78 is 5.36. The maximum Gasteiger partial charge on any atom is 0.104 e. The minimum Gasteiger partial charge on any atom is -0.384 e. The Bertz CT molecular complexity index is 533. The van der Waals surface area contributed by atoms with Gasteiger partial charge in [-0.1, -0.05) is 42.5 Å². The van der Waals surface area contributed by atoms with Gasteiger partial charge in [0.1, 0.15) is 6.10 Å². The maximum absolute atomic E-state index is 10.4. The largest absolute Gasteiger partial charge is 0.384 e. The molecule has 1 fully saturated rings. The first-order valence-corrected chi connectivity index (χ1v) is 7.00. The summed E-state index contributed by atoms with van der Waals surface area (Å²) in [6.45, 7) is 3.43. The van der Waals surface area contributed by atoms with Crippen molar-refractivity contribution in [1.29, 1.82) is 0 Å². The van der Waals surface area contributed by atoms with Crippen LogP contribution in [0.3, 0.4) is 0 Å². The normalized spacial score (nSPS) is 16.9. The zero-order chi connectivity index (χ0) is 13.8.